The zero-order chi connectivity index (χ0) is 17.3. The van der Waals surface area contributed by atoms with Crippen LogP contribution in [-0.2, 0) is 9.59 Å². The zero-order valence-corrected chi connectivity index (χ0v) is 14.1. The third-order valence-electron chi connectivity index (χ3n) is 3.79. The van der Waals surface area contributed by atoms with Crippen LogP contribution in [0, 0.1) is 13.8 Å². The maximum Gasteiger partial charge on any atom is 0.266 e. The molecule has 0 aromatic heterocycles. The third kappa shape index (κ3) is 3.51. The van der Waals surface area contributed by atoms with Crippen molar-refractivity contribution in [1.82, 2.24) is 0 Å². The first kappa shape index (κ1) is 16.3. The fraction of sp³-hybridized carbons (Fsp3) is 0.222. The predicted molar refractivity (Wildman–Crippen MR) is 93.7 cm³/mol. The molecule has 1 aliphatic rings. The van der Waals surface area contributed by atoms with Crippen molar-refractivity contribution in [2.45, 2.75) is 26.4 Å². The van der Waals surface area contributed by atoms with Gasteiger partial charge in [0, 0.05) is 10.7 Å². The number of rotatable bonds is 3. The molecule has 0 bridgehead atoms. The zero-order valence-electron chi connectivity index (χ0n) is 13.4. The second-order valence-corrected chi connectivity index (χ2v) is 6.24. The van der Waals surface area contributed by atoms with Crippen molar-refractivity contribution in [2.75, 3.05) is 10.6 Å². The summed E-state index contributed by atoms with van der Waals surface area (Å²) < 4.78 is 5.66. The summed E-state index contributed by atoms with van der Waals surface area (Å²) >= 11 is 5.90. The Balaban J connectivity index is 1.68. The summed E-state index contributed by atoms with van der Waals surface area (Å²) in [7, 11) is 0. The number of amides is 2. The van der Waals surface area contributed by atoms with E-state index < -0.39 is 6.10 Å². The van der Waals surface area contributed by atoms with Crippen LogP contribution in [0.15, 0.2) is 36.4 Å². The summed E-state index contributed by atoms with van der Waals surface area (Å²) in [4.78, 5) is 24.4. The lowest BCUT2D eigenvalue weighted by molar-refractivity contribution is -0.128. The molecule has 5 nitrogen and oxygen atoms in total. The minimum atomic E-state index is -0.854. The number of carbonyl (C=O) groups is 2. The Labute approximate surface area is 145 Å². The van der Waals surface area contributed by atoms with Crippen molar-refractivity contribution in [3.63, 3.8) is 0 Å². The molecular weight excluding hydrogens is 328 g/mol. The molecule has 1 unspecified atom stereocenters. The number of anilines is 2. The average Bonchev–Trinajstić information content (AvgIpc) is 2.51. The number of halogens is 1. The summed E-state index contributed by atoms with van der Waals surface area (Å²) in [5, 5.41) is 6.16. The van der Waals surface area contributed by atoms with Crippen molar-refractivity contribution in [3.05, 3.63) is 52.5 Å². The van der Waals surface area contributed by atoms with E-state index in [0.29, 0.717) is 22.1 Å². The number of fused-ring (bicyclic) bond motifs is 1. The molecule has 3 rings (SSSR count). The van der Waals surface area contributed by atoms with Crippen LogP contribution in [0.2, 0.25) is 5.02 Å². The van der Waals surface area contributed by atoms with E-state index in [4.69, 9.17) is 16.3 Å². The van der Waals surface area contributed by atoms with Gasteiger partial charge >= 0.3 is 0 Å². The van der Waals surface area contributed by atoms with E-state index in [0.717, 1.165) is 11.1 Å². The molecular formula is C18H17ClN2O3. The Morgan fingerprint density at radius 1 is 1.25 bits per heavy atom. The molecule has 1 atom stereocenters. The Bertz CT molecular complexity index is 820. The van der Waals surface area contributed by atoms with Gasteiger partial charge in [-0.15, -0.1) is 0 Å². The summed E-state index contributed by atoms with van der Waals surface area (Å²) in [5.41, 5.74) is 3.17. The first-order valence-electron chi connectivity index (χ1n) is 7.56. The molecule has 124 valence electrons. The van der Waals surface area contributed by atoms with E-state index in [1.165, 1.54) is 0 Å². The van der Waals surface area contributed by atoms with Crippen LogP contribution in [0.1, 0.15) is 17.5 Å². The number of hydrogen-bond acceptors (Lipinski definition) is 3. The van der Waals surface area contributed by atoms with Gasteiger partial charge in [0.15, 0.2) is 6.10 Å². The van der Waals surface area contributed by atoms with Gasteiger partial charge in [0.1, 0.15) is 5.75 Å². The van der Waals surface area contributed by atoms with Gasteiger partial charge in [-0.25, -0.2) is 0 Å². The van der Waals surface area contributed by atoms with Crippen LogP contribution >= 0.6 is 11.6 Å². The molecule has 0 saturated carbocycles. The van der Waals surface area contributed by atoms with E-state index in [1.807, 2.05) is 26.0 Å². The second-order valence-electron chi connectivity index (χ2n) is 5.81. The highest BCUT2D eigenvalue weighted by Crippen LogP contribution is 2.31. The number of benzene rings is 2. The van der Waals surface area contributed by atoms with Crippen LogP contribution in [0.25, 0.3) is 0 Å². The first-order valence-corrected chi connectivity index (χ1v) is 7.94. The Hall–Kier alpha value is -2.53. The van der Waals surface area contributed by atoms with Gasteiger partial charge in [0.25, 0.3) is 5.91 Å². The molecule has 0 saturated heterocycles. The van der Waals surface area contributed by atoms with Gasteiger partial charge in [0.05, 0.1) is 12.1 Å². The summed E-state index contributed by atoms with van der Waals surface area (Å²) in [6.07, 6.45) is -0.922. The van der Waals surface area contributed by atoms with Crippen LogP contribution in [0.4, 0.5) is 11.4 Å². The van der Waals surface area contributed by atoms with E-state index in [-0.39, 0.29) is 18.2 Å². The van der Waals surface area contributed by atoms with Crippen LogP contribution in [-0.4, -0.2) is 17.9 Å². The third-order valence-corrected chi connectivity index (χ3v) is 4.02. The van der Waals surface area contributed by atoms with E-state index >= 15 is 0 Å². The SMILES string of the molecule is Cc1ccc2c(c1)NC(=O)C(CC(=O)Nc1ccc(Cl)cc1C)O2. The molecule has 1 aliphatic heterocycles. The van der Waals surface area contributed by atoms with Crippen molar-refractivity contribution < 1.29 is 14.3 Å². The minimum Gasteiger partial charge on any atom is -0.478 e. The summed E-state index contributed by atoms with van der Waals surface area (Å²) in [5.74, 6) is -0.0483. The Morgan fingerprint density at radius 3 is 2.79 bits per heavy atom. The molecule has 0 radical (unpaired) electrons. The highest BCUT2D eigenvalue weighted by atomic mass is 35.5. The maximum absolute atomic E-state index is 12.2. The number of aryl methyl sites for hydroxylation is 2. The number of nitrogens with one attached hydrogen (secondary N) is 2. The van der Waals surface area contributed by atoms with E-state index in [1.54, 1.807) is 24.3 Å². The van der Waals surface area contributed by atoms with Crippen LogP contribution < -0.4 is 15.4 Å². The van der Waals surface area contributed by atoms with Gasteiger partial charge in [-0.1, -0.05) is 17.7 Å². The lowest BCUT2D eigenvalue weighted by Crippen LogP contribution is -2.39. The van der Waals surface area contributed by atoms with Crippen molar-refractivity contribution >= 4 is 34.8 Å². The highest BCUT2D eigenvalue weighted by molar-refractivity contribution is 6.30. The lowest BCUT2D eigenvalue weighted by Gasteiger charge is -2.25. The van der Waals surface area contributed by atoms with Crippen molar-refractivity contribution in [2.24, 2.45) is 0 Å². The van der Waals surface area contributed by atoms with Gasteiger partial charge in [-0.2, -0.15) is 0 Å². The largest absolute Gasteiger partial charge is 0.478 e. The number of carbonyl (C=O) groups excluding carboxylic acids is 2. The average molecular weight is 345 g/mol. The first-order chi connectivity index (χ1) is 11.4. The minimum absolute atomic E-state index is 0.0682. The molecule has 0 spiro atoms. The normalized spacial score (nSPS) is 16.0. The Kier molecular flexibility index (Phi) is 4.44. The van der Waals surface area contributed by atoms with E-state index in [9.17, 15) is 9.59 Å². The predicted octanol–water partition coefficient (Wildman–Crippen LogP) is 3.69. The van der Waals surface area contributed by atoms with Gasteiger partial charge in [0.2, 0.25) is 5.91 Å². The topological polar surface area (TPSA) is 67.4 Å². The van der Waals surface area contributed by atoms with Gasteiger partial charge in [-0.3, -0.25) is 9.59 Å². The van der Waals surface area contributed by atoms with Crippen molar-refractivity contribution in [3.8, 4) is 5.75 Å². The number of ether oxygens (including phenoxy) is 1. The molecule has 6 heteroatoms. The lowest BCUT2D eigenvalue weighted by atomic mass is 10.1. The molecule has 2 aromatic rings. The highest BCUT2D eigenvalue weighted by Gasteiger charge is 2.29. The molecule has 2 aromatic carbocycles. The quantitative estimate of drug-likeness (QED) is 0.892. The second kappa shape index (κ2) is 6.53. The molecule has 24 heavy (non-hydrogen) atoms. The molecule has 1 heterocycles. The fourth-order valence-corrected chi connectivity index (χ4v) is 2.76. The Morgan fingerprint density at radius 2 is 2.04 bits per heavy atom. The molecule has 2 amide bonds. The van der Waals surface area contributed by atoms with Crippen LogP contribution in [0.3, 0.4) is 0 Å². The maximum atomic E-state index is 12.2. The monoisotopic (exact) mass is 344 g/mol. The molecule has 0 aliphatic carbocycles. The molecule has 2 N–H and O–H groups in total. The summed E-state index contributed by atoms with van der Waals surface area (Å²) in [6, 6.07) is 10.7. The standard InChI is InChI=1S/C18H17ClN2O3/c1-10-3-6-15-14(7-10)21-18(23)16(24-15)9-17(22)20-13-5-4-12(19)8-11(13)2/h3-8,16H,9H2,1-2H3,(H,20,22)(H,21,23). The smallest absolute Gasteiger partial charge is 0.266 e. The summed E-state index contributed by atoms with van der Waals surface area (Å²) in [6.45, 7) is 3.78. The van der Waals surface area contributed by atoms with Crippen molar-refractivity contribution in [1.29, 1.82) is 0 Å². The van der Waals surface area contributed by atoms with Crippen LogP contribution in [0.5, 0.6) is 5.75 Å². The van der Waals surface area contributed by atoms with Gasteiger partial charge in [-0.05, 0) is 55.3 Å². The molecule has 0 fully saturated rings. The number of hydrogen-bond donors (Lipinski definition) is 2. The van der Waals surface area contributed by atoms with Gasteiger partial charge < -0.3 is 15.4 Å². The fourth-order valence-electron chi connectivity index (χ4n) is 2.54. The van der Waals surface area contributed by atoms with E-state index in [2.05, 4.69) is 10.6 Å².